The van der Waals surface area contributed by atoms with Crippen molar-refractivity contribution >= 4 is 17.7 Å². The van der Waals surface area contributed by atoms with Crippen LogP contribution in [-0.4, -0.2) is 18.3 Å². The maximum atomic E-state index is 4.76. The van der Waals surface area contributed by atoms with Gasteiger partial charge in [0.25, 0.3) is 0 Å². The van der Waals surface area contributed by atoms with Gasteiger partial charge in [0, 0.05) is 20.1 Å². The number of benzene rings is 2. The van der Waals surface area contributed by atoms with Crippen LogP contribution in [0.4, 0.5) is 0 Å². The molecule has 1 heterocycles. The summed E-state index contributed by atoms with van der Waals surface area (Å²) < 4.78 is 1.61. The van der Waals surface area contributed by atoms with Crippen LogP contribution in [0.3, 0.4) is 0 Å². The summed E-state index contributed by atoms with van der Waals surface area (Å²) in [4.78, 5) is 4.76. The smallest absolute Gasteiger partial charge is 0 e. The Kier molecular flexibility index (Phi) is 5.07. The van der Waals surface area contributed by atoms with Crippen LogP contribution in [0.1, 0.15) is 25.0 Å². The first-order chi connectivity index (χ1) is 11.8. The van der Waals surface area contributed by atoms with Gasteiger partial charge >= 0.3 is 153 Å². The van der Waals surface area contributed by atoms with Crippen LogP contribution < -0.4 is 4.40 Å². The molecule has 0 saturated carbocycles. The number of nitrogens with zero attached hydrogens (tertiary/aromatic N) is 1. The predicted molar refractivity (Wildman–Crippen MR) is 109 cm³/mol. The monoisotopic (exact) mass is 581 g/mol. The fourth-order valence-electron chi connectivity index (χ4n) is 4.19. The van der Waals surface area contributed by atoms with Crippen LogP contribution in [0.2, 0.25) is 17.3 Å². The molecule has 1 aliphatic carbocycles. The van der Waals surface area contributed by atoms with E-state index in [4.69, 9.17) is 4.98 Å². The molecule has 4 rings (SSSR count). The molecule has 0 fully saturated rings. The first kappa shape index (κ1) is 19.5. The molecule has 0 N–H and O–H groups in total. The molecule has 0 amide bonds. The Balaban J connectivity index is 0.00000196. The van der Waals surface area contributed by atoms with E-state index in [0.29, 0.717) is 0 Å². The van der Waals surface area contributed by atoms with Gasteiger partial charge in [-0.1, -0.05) is 0 Å². The molecule has 1 aliphatic rings. The van der Waals surface area contributed by atoms with Gasteiger partial charge in [-0.2, -0.15) is 0 Å². The van der Waals surface area contributed by atoms with Crippen molar-refractivity contribution in [3.63, 3.8) is 0 Å². The maximum Gasteiger partial charge on any atom is 0 e. The number of fused-ring (bicyclic) bond motifs is 3. The van der Waals surface area contributed by atoms with E-state index >= 15 is 0 Å². The minimum absolute atomic E-state index is 0. The Morgan fingerprint density at radius 3 is 2.38 bits per heavy atom. The van der Waals surface area contributed by atoms with E-state index in [1.807, 2.05) is 18.3 Å². The minimum Gasteiger partial charge on any atom is 0 e. The van der Waals surface area contributed by atoms with E-state index < -0.39 is 13.3 Å². The molecule has 1 aromatic heterocycles. The SMILES string of the molecule is CC1(C)c2ccnc(-c3[c-]cccc3)c2-c2ccc[c]([Ge]([CH3])([CH3])[CH3])c21.[Ir]. The molecule has 2 aromatic carbocycles. The Bertz CT molecular complexity index is 956. The summed E-state index contributed by atoms with van der Waals surface area (Å²) in [5.41, 5.74) is 7.75. The van der Waals surface area contributed by atoms with Gasteiger partial charge < -0.3 is 0 Å². The van der Waals surface area contributed by atoms with Gasteiger partial charge in [-0.3, -0.25) is 0 Å². The number of pyridine rings is 1. The first-order valence-electron chi connectivity index (χ1n) is 8.93. The molecular formula is C23H24GeIrN-. The van der Waals surface area contributed by atoms with Crippen LogP contribution in [0.5, 0.6) is 0 Å². The van der Waals surface area contributed by atoms with Crippen molar-refractivity contribution in [2.75, 3.05) is 0 Å². The third-order valence-electron chi connectivity index (χ3n) is 5.36. The summed E-state index contributed by atoms with van der Waals surface area (Å²) in [7, 11) is 0. The first-order valence-corrected chi connectivity index (χ1v) is 16.3. The molecule has 1 radical (unpaired) electrons. The number of hydrogen-bond acceptors (Lipinski definition) is 1. The molecule has 3 heteroatoms. The third-order valence-corrected chi connectivity index (χ3v) is 9.62. The average Bonchev–Trinajstić information content (AvgIpc) is 2.83. The maximum absolute atomic E-state index is 4.76. The van der Waals surface area contributed by atoms with Crippen molar-refractivity contribution in [2.45, 2.75) is 36.5 Å². The molecular weight excluding hydrogens is 555 g/mol. The Morgan fingerprint density at radius 1 is 0.962 bits per heavy atom. The molecule has 26 heavy (non-hydrogen) atoms. The fraction of sp³-hybridized carbons (Fsp3) is 0.261. The molecule has 0 aliphatic heterocycles. The summed E-state index contributed by atoms with van der Waals surface area (Å²) in [6.45, 7) is 4.74. The predicted octanol–water partition coefficient (Wildman–Crippen LogP) is 5.40. The van der Waals surface area contributed by atoms with Crippen molar-refractivity contribution < 1.29 is 20.1 Å². The normalized spacial score (nSPS) is 14.3. The molecule has 0 unspecified atom stereocenters. The van der Waals surface area contributed by atoms with Crippen molar-refractivity contribution in [1.82, 2.24) is 4.98 Å². The number of aromatic nitrogens is 1. The summed E-state index contributed by atoms with van der Waals surface area (Å²) >= 11 is -1.99. The van der Waals surface area contributed by atoms with E-state index in [-0.39, 0.29) is 25.5 Å². The molecule has 3 aromatic rings. The van der Waals surface area contributed by atoms with E-state index in [1.54, 1.807) is 4.40 Å². The van der Waals surface area contributed by atoms with Gasteiger partial charge in [0.1, 0.15) is 0 Å². The summed E-state index contributed by atoms with van der Waals surface area (Å²) in [6, 6.07) is 20.6. The fourth-order valence-corrected chi connectivity index (χ4v) is 7.96. The van der Waals surface area contributed by atoms with Crippen LogP contribution in [0.15, 0.2) is 54.7 Å². The van der Waals surface area contributed by atoms with E-state index in [0.717, 1.165) is 11.3 Å². The van der Waals surface area contributed by atoms with Crippen molar-refractivity contribution in [2.24, 2.45) is 0 Å². The molecule has 0 bridgehead atoms. The molecule has 135 valence electrons. The van der Waals surface area contributed by atoms with Crippen LogP contribution in [0, 0.1) is 6.07 Å². The molecule has 0 saturated heterocycles. The van der Waals surface area contributed by atoms with Gasteiger partial charge in [0.15, 0.2) is 0 Å². The summed E-state index contributed by atoms with van der Waals surface area (Å²) in [6.07, 6.45) is 1.96. The van der Waals surface area contributed by atoms with Gasteiger partial charge in [0.2, 0.25) is 0 Å². The minimum atomic E-state index is -1.99. The second kappa shape index (κ2) is 6.74. The van der Waals surface area contributed by atoms with Crippen LogP contribution in [0.25, 0.3) is 22.4 Å². The molecule has 0 spiro atoms. The second-order valence-electron chi connectivity index (χ2n) is 8.46. The quantitative estimate of drug-likeness (QED) is 0.293. The number of rotatable bonds is 2. The van der Waals surface area contributed by atoms with E-state index in [1.165, 1.54) is 22.3 Å². The standard InChI is InChI=1S/C23H24GeN.Ir/c1-23(2)18-14-15-25-22(16-10-7-6-8-11-16)20(18)17-12-9-13-19(21(17)23)24(3,4)5;/h6-10,12-15H,1-5H3;/q-1;. The van der Waals surface area contributed by atoms with Crippen molar-refractivity contribution in [1.29, 1.82) is 0 Å². The van der Waals surface area contributed by atoms with Gasteiger partial charge in [-0.05, 0) is 0 Å². The largest absolute Gasteiger partial charge is 0 e. The third kappa shape index (κ3) is 2.93. The van der Waals surface area contributed by atoms with Crippen LogP contribution in [-0.2, 0) is 25.5 Å². The van der Waals surface area contributed by atoms with Crippen LogP contribution >= 0.6 is 0 Å². The Labute approximate surface area is 173 Å². The topological polar surface area (TPSA) is 12.9 Å². The Morgan fingerprint density at radius 2 is 1.73 bits per heavy atom. The average molecular weight is 579 g/mol. The van der Waals surface area contributed by atoms with Gasteiger partial charge in [-0.15, -0.1) is 0 Å². The zero-order valence-corrected chi connectivity index (χ0v) is 20.5. The molecule has 0 atom stereocenters. The van der Waals surface area contributed by atoms with Gasteiger partial charge in [-0.25, -0.2) is 0 Å². The number of hydrogen-bond donors (Lipinski definition) is 0. The molecule has 1 nitrogen and oxygen atoms in total. The zero-order valence-electron chi connectivity index (χ0n) is 16.0. The summed E-state index contributed by atoms with van der Waals surface area (Å²) in [5.74, 6) is 7.45. The Hall–Kier alpha value is -1.22. The van der Waals surface area contributed by atoms with Gasteiger partial charge in [0.05, 0.1) is 0 Å². The van der Waals surface area contributed by atoms with Crippen molar-refractivity contribution in [3.8, 4) is 22.4 Å². The summed E-state index contributed by atoms with van der Waals surface area (Å²) in [5, 5.41) is 0. The second-order valence-corrected chi connectivity index (χ2v) is 19.0. The zero-order chi connectivity index (χ0) is 17.8. The van der Waals surface area contributed by atoms with Crippen molar-refractivity contribution in [3.05, 3.63) is 71.9 Å². The van der Waals surface area contributed by atoms with E-state index in [2.05, 4.69) is 73.6 Å². The van der Waals surface area contributed by atoms with E-state index in [9.17, 15) is 0 Å².